The third-order valence-corrected chi connectivity index (χ3v) is 3.66. The van der Waals surface area contributed by atoms with Gasteiger partial charge in [-0.3, -0.25) is 4.79 Å². The van der Waals surface area contributed by atoms with E-state index in [0.717, 1.165) is 17.4 Å². The van der Waals surface area contributed by atoms with E-state index in [2.05, 4.69) is 5.32 Å². The van der Waals surface area contributed by atoms with E-state index in [0.29, 0.717) is 11.5 Å². The van der Waals surface area contributed by atoms with Gasteiger partial charge in [-0.15, -0.1) is 0 Å². The number of aromatic carboxylic acids is 1. The van der Waals surface area contributed by atoms with Gasteiger partial charge in [-0.25, -0.2) is 4.79 Å². The maximum atomic E-state index is 12.2. The van der Waals surface area contributed by atoms with E-state index < -0.39 is 11.9 Å². The van der Waals surface area contributed by atoms with Gasteiger partial charge in [-0.1, -0.05) is 0 Å². The maximum absolute atomic E-state index is 12.2. The first kappa shape index (κ1) is 17.4. The Kier molecular flexibility index (Phi) is 5.13. The van der Waals surface area contributed by atoms with Crippen LogP contribution in [0.5, 0.6) is 11.5 Å². The molecular formula is C17H19NO6. The third kappa shape index (κ3) is 3.51. The topological polar surface area (TPSA) is 98.0 Å². The van der Waals surface area contributed by atoms with E-state index in [1.807, 2.05) is 19.9 Å². The Morgan fingerprint density at radius 1 is 1.17 bits per heavy atom. The van der Waals surface area contributed by atoms with Crippen LogP contribution in [-0.2, 0) is 0 Å². The van der Waals surface area contributed by atoms with Gasteiger partial charge in [0, 0.05) is 6.07 Å². The largest absolute Gasteiger partial charge is 0.493 e. The fourth-order valence-corrected chi connectivity index (χ4v) is 2.38. The van der Waals surface area contributed by atoms with Crippen LogP contribution < -0.4 is 14.8 Å². The molecule has 0 aliphatic heterocycles. The van der Waals surface area contributed by atoms with Gasteiger partial charge in [0.15, 0.2) is 17.3 Å². The number of hydrogen-bond acceptors (Lipinski definition) is 5. The van der Waals surface area contributed by atoms with Crippen LogP contribution in [0.2, 0.25) is 0 Å². The van der Waals surface area contributed by atoms with Gasteiger partial charge >= 0.3 is 5.97 Å². The van der Waals surface area contributed by atoms with Crippen molar-refractivity contribution < 1.29 is 28.6 Å². The molecule has 1 amide bonds. The van der Waals surface area contributed by atoms with Gasteiger partial charge < -0.3 is 24.3 Å². The molecule has 1 heterocycles. The molecule has 0 saturated carbocycles. The number of rotatable bonds is 6. The molecule has 0 bridgehead atoms. The number of nitrogens with one attached hydrogen (secondary N) is 1. The Labute approximate surface area is 139 Å². The van der Waals surface area contributed by atoms with Crippen LogP contribution in [0.1, 0.15) is 45.0 Å². The lowest BCUT2D eigenvalue weighted by atomic mass is 10.0. The molecule has 0 fully saturated rings. The molecule has 0 radical (unpaired) electrons. The summed E-state index contributed by atoms with van der Waals surface area (Å²) in [6, 6.07) is 4.47. The molecule has 1 atom stereocenters. The molecule has 2 N–H and O–H groups in total. The van der Waals surface area contributed by atoms with Crippen LogP contribution in [0.25, 0.3) is 0 Å². The summed E-state index contributed by atoms with van der Waals surface area (Å²) >= 11 is 0. The number of carboxylic acids is 1. The minimum Gasteiger partial charge on any atom is -0.493 e. The smallest absolute Gasteiger partial charge is 0.338 e. The van der Waals surface area contributed by atoms with Crippen molar-refractivity contribution >= 4 is 11.9 Å². The molecular weight excluding hydrogens is 314 g/mol. The molecule has 128 valence electrons. The number of benzene rings is 1. The fourth-order valence-electron chi connectivity index (χ4n) is 2.38. The monoisotopic (exact) mass is 333 g/mol. The molecule has 7 nitrogen and oxygen atoms in total. The van der Waals surface area contributed by atoms with Crippen molar-refractivity contribution in [2.45, 2.75) is 19.9 Å². The van der Waals surface area contributed by atoms with Crippen molar-refractivity contribution in [3.05, 3.63) is 46.9 Å². The summed E-state index contributed by atoms with van der Waals surface area (Å²) in [6.07, 6.45) is 1.03. The first-order chi connectivity index (χ1) is 11.4. The number of carbonyl (C=O) groups excluding carboxylic acids is 1. The highest BCUT2D eigenvalue weighted by atomic mass is 16.5. The van der Waals surface area contributed by atoms with Gasteiger partial charge in [0.05, 0.1) is 25.8 Å². The minimum atomic E-state index is -1.15. The second-order valence-corrected chi connectivity index (χ2v) is 5.26. The summed E-state index contributed by atoms with van der Waals surface area (Å²) in [6.45, 7) is 3.71. The van der Waals surface area contributed by atoms with Gasteiger partial charge in [-0.05, 0) is 37.1 Å². The third-order valence-electron chi connectivity index (χ3n) is 3.66. The minimum absolute atomic E-state index is 0.0580. The predicted octanol–water partition coefficient (Wildman–Crippen LogP) is 2.79. The Hall–Kier alpha value is -2.96. The average Bonchev–Trinajstić information content (AvgIpc) is 3.04. The van der Waals surface area contributed by atoms with Crippen molar-refractivity contribution in [3.8, 4) is 11.5 Å². The van der Waals surface area contributed by atoms with Gasteiger partial charge in [-0.2, -0.15) is 0 Å². The summed E-state index contributed by atoms with van der Waals surface area (Å²) < 4.78 is 15.5. The van der Waals surface area contributed by atoms with Crippen molar-refractivity contribution in [1.29, 1.82) is 0 Å². The molecule has 0 aliphatic rings. The number of hydrogen-bond donors (Lipinski definition) is 2. The second kappa shape index (κ2) is 7.08. The van der Waals surface area contributed by atoms with Crippen LogP contribution in [0.4, 0.5) is 0 Å². The Morgan fingerprint density at radius 2 is 1.79 bits per heavy atom. The Balaban J connectivity index is 2.20. The SMILES string of the molecule is COc1cc(C)c(C(C)NC(=O)c2cc(C(=O)O)co2)cc1OC. The predicted molar refractivity (Wildman–Crippen MR) is 85.8 cm³/mol. The van der Waals surface area contributed by atoms with E-state index in [1.54, 1.807) is 13.2 Å². The van der Waals surface area contributed by atoms with Crippen LogP contribution in [0.3, 0.4) is 0 Å². The van der Waals surface area contributed by atoms with Crippen molar-refractivity contribution in [1.82, 2.24) is 5.32 Å². The number of carbonyl (C=O) groups is 2. The molecule has 24 heavy (non-hydrogen) atoms. The van der Waals surface area contributed by atoms with Crippen molar-refractivity contribution in [2.75, 3.05) is 14.2 Å². The lowest BCUT2D eigenvalue weighted by molar-refractivity contribution is 0.0695. The first-order valence-electron chi connectivity index (χ1n) is 7.22. The molecule has 7 heteroatoms. The summed E-state index contributed by atoms with van der Waals surface area (Å²) in [4.78, 5) is 23.0. The number of carboxylic acid groups (broad SMARTS) is 1. The molecule has 0 spiro atoms. The summed E-state index contributed by atoms with van der Waals surface area (Å²) in [5.74, 6) is -0.539. The van der Waals surface area contributed by atoms with E-state index in [9.17, 15) is 9.59 Å². The van der Waals surface area contributed by atoms with Gasteiger partial charge in [0.25, 0.3) is 5.91 Å². The van der Waals surface area contributed by atoms with E-state index >= 15 is 0 Å². The summed E-state index contributed by atoms with van der Waals surface area (Å²) in [5, 5.41) is 11.6. The van der Waals surface area contributed by atoms with Crippen molar-refractivity contribution in [2.24, 2.45) is 0 Å². The van der Waals surface area contributed by atoms with Crippen LogP contribution in [0, 0.1) is 6.92 Å². The zero-order chi connectivity index (χ0) is 17.9. The standard InChI is InChI=1S/C17H19NO6/c1-9-5-13(22-3)14(23-4)7-12(9)10(2)18-16(19)15-6-11(8-24-15)17(20)21/h5-8,10H,1-4H3,(H,18,19)(H,20,21). The molecule has 2 aromatic rings. The number of amides is 1. The zero-order valence-corrected chi connectivity index (χ0v) is 13.9. The van der Waals surface area contributed by atoms with Crippen LogP contribution >= 0.6 is 0 Å². The van der Waals surface area contributed by atoms with E-state index in [-0.39, 0.29) is 17.4 Å². The highest BCUT2D eigenvalue weighted by molar-refractivity contribution is 5.95. The number of furan rings is 1. The zero-order valence-electron chi connectivity index (χ0n) is 13.9. The number of ether oxygens (including phenoxy) is 2. The first-order valence-corrected chi connectivity index (χ1v) is 7.22. The van der Waals surface area contributed by atoms with E-state index in [1.165, 1.54) is 13.2 Å². The molecule has 0 saturated heterocycles. The molecule has 1 aromatic carbocycles. The highest BCUT2D eigenvalue weighted by Crippen LogP contribution is 2.32. The summed E-state index contributed by atoms with van der Waals surface area (Å²) in [7, 11) is 3.09. The Morgan fingerprint density at radius 3 is 2.33 bits per heavy atom. The number of methoxy groups -OCH3 is 2. The van der Waals surface area contributed by atoms with Crippen LogP contribution in [-0.4, -0.2) is 31.2 Å². The summed E-state index contributed by atoms with van der Waals surface area (Å²) in [5.41, 5.74) is 1.70. The number of aryl methyl sites for hydroxylation is 1. The molecule has 1 unspecified atom stereocenters. The molecule has 1 aromatic heterocycles. The average molecular weight is 333 g/mol. The van der Waals surface area contributed by atoms with Gasteiger partial charge in [0.1, 0.15) is 6.26 Å². The maximum Gasteiger partial charge on any atom is 0.338 e. The normalized spacial score (nSPS) is 11.7. The van der Waals surface area contributed by atoms with Gasteiger partial charge in [0.2, 0.25) is 0 Å². The van der Waals surface area contributed by atoms with Crippen molar-refractivity contribution in [3.63, 3.8) is 0 Å². The fraction of sp³-hybridized carbons (Fsp3) is 0.294. The molecule has 2 rings (SSSR count). The second-order valence-electron chi connectivity index (χ2n) is 5.26. The van der Waals surface area contributed by atoms with E-state index in [4.69, 9.17) is 19.0 Å². The molecule has 0 aliphatic carbocycles. The van der Waals surface area contributed by atoms with Crippen LogP contribution in [0.15, 0.2) is 28.9 Å². The highest BCUT2D eigenvalue weighted by Gasteiger charge is 2.19. The lowest BCUT2D eigenvalue weighted by Crippen LogP contribution is -2.26. The Bertz CT molecular complexity index is 764. The lowest BCUT2D eigenvalue weighted by Gasteiger charge is -2.18. The quantitative estimate of drug-likeness (QED) is 0.843.